The number of nitrogens with zero attached hydrogens (tertiary/aromatic N) is 4. The van der Waals surface area contributed by atoms with Crippen molar-refractivity contribution >= 4 is 49.9 Å². The largest absolute Gasteiger partial charge is 0.444 e. The summed E-state index contributed by atoms with van der Waals surface area (Å²) in [5.74, 6) is -0.181. The van der Waals surface area contributed by atoms with Crippen molar-refractivity contribution in [3.8, 4) is 0 Å². The Kier molecular flexibility index (Phi) is 6.19. The van der Waals surface area contributed by atoms with Gasteiger partial charge in [-0.3, -0.25) is 9.59 Å². The molecular formula is C21H21BrN4O3S. The zero-order chi connectivity index (χ0) is 21.1. The molecule has 9 heteroatoms. The first-order chi connectivity index (χ1) is 14.5. The Morgan fingerprint density at radius 1 is 1.13 bits per heavy atom. The highest BCUT2D eigenvalue weighted by molar-refractivity contribution is 9.10. The molecule has 1 fully saturated rings. The van der Waals surface area contributed by atoms with E-state index in [0.29, 0.717) is 29.0 Å². The van der Waals surface area contributed by atoms with E-state index in [2.05, 4.69) is 25.8 Å². The third-order valence-corrected chi connectivity index (χ3v) is 6.32. The molecule has 0 spiro atoms. The van der Waals surface area contributed by atoms with Crippen molar-refractivity contribution in [2.45, 2.75) is 6.42 Å². The molecule has 30 heavy (non-hydrogen) atoms. The van der Waals surface area contributed by atoms with Crippen LogP contribution < -0.4 is 9.80 Å². The summed E-state index contributed by atoms with van der Waals surface area (Å²) >= 11 is 4.83. The maximum absolute atomic E-state index is 13.4. The molecule has 2 amide bonds. The van der Waals surface area contributed by atoms with Crippen LogP contribution in [0.5, 0.6) is 0 Å². The first-order valence-corrected chi connectivity index (χ1v) is 11.3. The van der Waals surface area contributed by atoms with Gasteiger partial charge >= 0.3 is 0 Å². The van der Waals surface area contributed by atoms with Gasteiger partial charge in [-0.1, -0.05) is 12.1 Å². The lowest BCUT2D eigenvalue weighted by Crippen LogP contribution is -2.36. The summed E-state index contributed by atoms with van der Waals surface area (Å²) in [7, 11) is 1.65. The van der Waals surface area contributed by atoms with Crippen LogP contribution in [0.3, 0.4) is 0 Å². The van der Waals surface area contributed by atoms with E-state index in [1.54, 1.807) is 48.8 Å². The van der Waals surface area contributed by atoms with Crippen LogP contribution in [0.15, 0.2) is 57.1 Å². The SMILES string of the molecule is CN(C(=O)c1ccc(Br)o1)c1ccccc1C(=O)N1CCCN(c2nccs2)CC1. The van der Waals surface area contributed by atoms with E-state index in [4.69, 9.17) is 4.42 Å². The fourth-order valence-electron chi connectivity index (χ4n) is 3.51. The van der Waals surface area contributed by atoms with Crippen molar-refractivity contribution in [2.75, 3.05) is 43.0 Å². The summed E-state index contributed by atoms with van der Waals surface area (Å²) in [5.41, 5.74) is 1.06. The topological polar surface area (TPSA) is 69.9 Å². The van der Waals surface area contributed by atoms with Crippen LogP contribution >= 0.6 is 27.3 Å². The van der Waals surface area contributed by atoms with Crippen LogP contribution in [0.25, 0.3) is 0 Å². The second-order valence-electron chi connectivity index (χ2n) is 6.93. The van der Waals surface area contributed by atoms with E-state index in [-0.39, 0.29) is 17.6 Å². The van der Waals surface area contributed by atoms with Gasteiger partial charge < -0.3 is 19.1 Å². The van der Waals surface area contributed by atoms with Gasteiger partial charge in [-0.2, -0.15) is 0 Å². The molecule has 4 rings (SSSR count). The van der Waals surface area contributed by atoms with Crippen molar-refractivity contribution in [1.82, 2.24) is 9.88 Å². The molecule has 0 saturated carbocycles. The molecule has 0 N–H and O–H groups in total. The van der Waals surface area contributed by atoms with Gasteiger partial charge in [-0.25, -0.2) is 4.98 Å². The first-order valence-electron chi connectivity index (χ1n) is 9.61. The highest BCUT2D eigenvalue weighted by Gasteiger charge is 2.26. The van der Waals surface area contributed by atoms with E-state index < -0.39 is 0 Å². The molecule has 7 nitrogen and oxygen atoms in total. The number of para-hydroxylation sites is 1. The number of amides is 2. The summed E-state index contributed by atoms with van der Waals surface area (Å²) in [4.78, 5) is 36.1. The molecule has 0 radical (unpaired) electrons. The lowest BCUT2D eigenvalue weighted by atomic mass is 10.1. The molecule has 1 aliphatic rings. The minimum Gasteiger partial charge on any atom is -0.444 e. The molecule has 1 aliphatic heterocycles. The van der Waals surface area contributed by atoms with Gasteiger partial charge in [0, 0.05) is 44.8 Å². The maximum Gasteiger partial charge on any atom is 0.293 e. The normalized spacial score (nSPS) is 14.5. The molecular weight excluding hydrogens is 468 g/mol. The highest BCUT2D eigenvalue weighted by atomic mass is 79.9. The first kappa shape index (κ1) is 20.6. The molecule has 0 bridgehead atoms. The van der Waals surface area contributed by atoms with Crippen LogP contribution in [-0.4, -0.2) is 54.9 Å². The Morgan fingerprint density at radius 3 is 2.70 bits per heavy atom. The summed E-state index contributed by atoms with van der Waals surface area (Å²) in [5, 5.41) is 2.95. The third kappa shape index (κ3) is 4.27. The number of hydrogen-bond acceptors (Lipinski definition) is 6. The number of carbonyl (C=O) groups excluding carboxylic acids is 2. The van der Waals surface area contributed by atoms with E-state index in [1.165, 1.54) is 4.90 Å². The van der Waals surface area contributed by atoms with Gasteiger partial charge in [0.1, 0.15) is 0 Å². The minimum atomic E-state index is -0.313. The average Bonchev–Trinajstić information content (AvgIpc) is 3.39. The number of carbonyl (C=O) groups is 2. The quantitative estimate of drug-likeness (QED) is 0.552. The van der Waals surface area contributed by atoms with Crippen LogP contribution in [0.2, 0.25) is 0 Å². The van der Waals surface area contributed by atoms with Gasteiger partial charge in [0.15, 0.2) is 15.6 Å². The predicted molar refractivity (Wildman–Crippen MR) is 120 cm³/mol. The zero-order valence-electron chi connectivity index (χ0n) is 16.5. The van der Waals surface area contributed by atoms with Gasteiger partial charge in [0.05, 0.1) is 11.3 Å². The Hall–Kier alpha value is -2.65. The number of rotatable bonds is 4. The molecule has 1 saturated heterocycles. The molecule has 1 aromatic carbocycles. The number of furan rings is 1. The van der Waals surface area contributed by atoms with Gasteiger partial charge in [-0.15, -0.1) is 11.3 Å². The van der Waals surface area contributed by atoms with E-state index >= 15 is 0 Å². The van der Waals surface area contributed by atoms with Gasteiger partial charge in [0.25, 0.3) is 11.8 Å². The fraction of sp³-hybridized carbons (Fsp3) is 0.286. The zero-order valence-corrected chi connectivity index (χ0v) is 18.9. The minimum absolute atomic E-state index is 0.0770. The number of thiazole rings is 1. The lowest BCUT2D eigenvalue weighted by Gasteiger charge is -2.25. The van der Waals surface area contributed by atoms with Gasteiger partial charge in [-0.05, 0) is 46.6 Å². The van der Waals surface area contributed by atoms with Crippen molar-refractivity contribution in [3.63, 3.8) is 0 Å². The second kappa shape index (κ2) is 9.01. The maximum atomic E-state index is 13.4. The molecule has 2 aromatic heterocycles. The van der Waals surface area contributed by atoms with Crippen molar-refractivity contribution in [2.24, 2.45) is 0 Å². The lowest BCUT2D eigenvalue weighted by molar-refractivity contribution is 0.0767. The van der Waals surface area contributed by atoms with Crippen molar-refractivity contribution in [1.29, 1.82) is 0 Å². The number of anilines is 2. The van der Waals surface area contributed by atoms with Crippen molar-refractivity contribution in [3.05, 3.63) is 64.0 Å². The predicted octanol–water partition coefficient (Wildman–Crippen LogP) is 4.13. The fourth-order valence-corrected chi connectivity index (χ4v) is 4.51. The van der Waals surface area contributed by atoms with E-state index in [9.17, 15) is 9.59 Å². The Morgan fingerprint density at radius 2 is 1.97 bits per heavy atom. The summed E-state index contributed by atoms with van der Waals surface area (Å²) < 4.78 is 5.87. The number of hydrogen-bond donors (Lipinski definition) is 0. The third-order valence-electron chi connectivity index (χ3n) is 5.06. The molecule has 0 unspecified atom stereocenters. The number of aromatic nitrogens is 1. The average molecular weight is 489 g/mol. The number of halogens is 1. The van der Waals surface area contributed by atoms with E-state index in [0.717, 1.165) is 24.6 Å². The molecule has 3 heterocycles. The molecule has 0 aliphatic carbocycles. The molecule has 3 aromatic rings. The molecule has 0 atom stereocenters. The van der Waals surface area contributed by atoms with E-state index in [1.807, 2.05) is 22.4 Å². The Labute approximate surface area is 187 Å². The van der Waals surface area contributed by atoms with Crippen LogP contribution in [0.1, 0.15) is 27.3 Å². The summed E-state index contributed by atoms with van der Waals surface area (Å²) in [6.07, 6.45) is 2.66. The van der Waals surface area contributed by atoms with Crippen molar-refractivity contribution < 1.29 is 14.0 Å². The van der Waals surface area contributed by atoms with Gasteiger partial charge in [0.2, 0.25) is 0 Å². The standard InChI is InChI=1S/C21H21BrN4O3S/c1-24(20(28)17-7-8-18(22)29-17)16-6-3-2-5-15(16)19(27)25-10-4-11-26(13-12-25)21-23-9-14-30-21/h2-3,5-9,14H,4,10-13H2,1H3. The Bertz CT molecular complexity index is 1040. The summed E-state index contributed by atoms with van der Waals surface area (Å²) in [6, 6.07) is 10.5. The van der Waals surface area contributed by atoms with Crippen LogP contribution in [0.4, 0.5) is 10.8 Å². The summed E-state index contributed by atoms with van der Waals surface area (Å²) in [6.45, 7) is 2.87. The highest BCUT2D eigenvalue weighted by Crippen LogP contribution is 2.25. The second-order valence-corrected chi connectivity index (χ2v) is 8.59. The van der Waals surface area contributed by atoms with Crippen LogP contribution in [-0.2, 0) is 0 Å². The number of benzene rings is 1. The monoisotopic (exact) mass is 488 g/mol. The Balaban J connectivity index is 1.53. The van der Waals surface area contributed by atoms with Crippen LogP contribution in [0, 0.1) is 0 Å². The molecule has 156 valence electrons. The smallest absolute Gasteiger partial charge is 0.293 e.